The third-order valence-corrected chi connectivity index (χ3v) is 9.89. The van der Waals surface area contributed by atoms with Crippen LogP contribution < -0.4 is 0 Å². The molecule has 10 heteroatoms. The molecule has 0 aliphatic carbocycles. The summed E-state index contributed by atoms with van der Waals surface area (Å²) in [5.41, 5.74) is 0. The smallest absolute Gasteiger partial charge is 0.434 e. The van der Waals surface area contributed by atoms with Crippen molar-refractivity contribution in [3.8, 4) is 0 Å². The highest BCUT2D eigenvalue weighted by Gasteiger charge is 2.17. The molecule has 10 nitrogen and oxygen atoms in total. The zero-order valence-electron chi connectivity index (χ0n) is 34.3. The summed E-state index contributed by atoms with van der Waals surface area (Å²) in [6, 6.07) is 0. The number of unbranched alkanes of at least 4 members (excludes halogenated alkanes) is 17. The van der Waals surface area contributed by atoms with E-state index in [1.165, 1.54) is 64.0 Å². The molecule has 0 amide bonds. The van der Waals surface area contributed by atoms with Crippen LogP contribution in [0, 0.1) is 5.92 Å². The van der Waals surface area contributed by atoms with Crippen molar-refractivity contribution in [1.82, 2.24) is 4.90 Å². The summed E-state index contributed by atoms with van der Waals surface area (Å²) in [6.45, 7) is 11.0. The largest absolute Gasteiger partial charge is 0.513 e. The van der Waals surface area contributed by atoms with Crippen molar-refractivity contribution in [1.29, 1.82) is 0 Å². The number of rotatable bonds is 35. The lowest BCUT2D eigenvalue weighted by Crippen LogP contribution is -2.26. The highest BCUT2D eigenvalue weighted by atomic mass is 16.7. The lowest BCUT2D eigenvalue weighted by molar-refractivity contribution is 0.0129. The van der Waals surface area contributed by atoms with Gasteiger partial charge in [-0.05, 0) is 95.7 Å². The van der Waals surface area contributed by atoms with E-state index in [9.17, 15) is 14.4 Å². The third-order valence-electron chi connectivity index (χ3n) is 9.89. The Balaban J connectivity index is 2.16. The number of carbonyl (C=O) groups is 3. The van der Waals surface area contributed by atoms with E-state index in [1.54, 1.807) is 0 Å². The van der Waals surface area contributed by atoms with Crippen LogP contribution in [0.25, 0.3) is 0 Å². The lowest BCUT2D eigenvalue weighted by Gasteiger charge is -2.19. The molecule has 0 aromatic heterocycles. The van der Waals surface area contributed by atoms with Crippen molar-refractivity contribution in [3.63, 3.8) is 0 Å². The van der Waals surface area contributed by atoms with Gasteiger partial charge in [0.25, 0.3) is 0 Å². The van der Waals surface area contributed by atoms with Crippen molar-refractivity contribution < 1.29 is 42.8 Å². The maximum absolute atomic E-state index is 12.5. The number of likely N-dealkylation sites (tertiary alicyclic amines) is 1. The molecule has 0 saturated carbocycles. The second kappa shape index (κ2) is 36.5. The Bertz CT molecular complexity index is 893. The SMILES string of the molecule is CCCCCCC=COC(=O)OCCCCCCCCC(CCCCCCCCOC(=O)OCC(C)CCCCCC)OC(=O)OCCN1CCCC1. The quantitative estimate of drug-likeness (QED) is 0.0268. The molecule has 0 radical (unpaired) electrons. The number of ether oxygens (including phenoxy) is 6. The van der Waals surface area contributed by atoms with Gasteiger partial charge in [0.05, 0.1) is 26.1 Å². The summed E-state index contributed by atoms with van der Waals surface area (Å²) < 4.78 is 31.9. The summed E-state index contributed by atoms with van der Waals surface area (Å²) in [4.78, 5) is 38.4. The molecule has 0 spiro atoms. The molecule has 1 aliphatic rings. The Morgan fingerprint density at radius 3 is 1.70 bits per heavy atom. The van der Waals surface area contributed by atoms with E-state index in [-0.39, 0.29) is 6.10 Å². The molecule has 2 unspecified atom stereocenters. The van der Waals surface area contributed by atoms with Gasteiger partial charge in [0, 0.05) is 6.54 Å². The van der Waals surface area contributed by atoms with Gasteiger partial charge in [-0.2, -0.15) is 0 Å². The van der Waals surface area contributed by atoms with Crippen molar-refractivity contribution in [2.24, 2.45) is 5.92 Å². The monoisotopic (exact) mass is 754 g/mol. The second-order valence-electron chi connectivity index (χ2n) is 15.0. The molecule has 1 rings (SSSR count). The van der Waals surface area contributed by atoms with Crippen LogP contribution in [0.3, 0.4) is 0 Å². The van der Waals surface area contributed by atoms with E-state index < -0.39 is 18.5 Å². The van der Waals surface area contributed by atoms with Crippen LogP contribution in [0.1, 0.15) is 188 Å². The number of carbonyl (C=O) groups excluding carboxylic acids is 3. The first kappa shape index (κ1) is 48.5. The van der Waals surface area contributed by atoms with E-state index in [1.807, 2.05) is 6.08 Å². The van der Waals surface area contributed by atoms with Crippen molar-refractivity contribution in [2.45, 2.75) is 194 Å². The van der Waals surface area contributed by atoms with E-state index in [2.05, 4.69) is 25.7 Å². The molecule has 53 heavy (non-hydrogen) atoms. The molecule has 1 saturated heterocycles. The number of nitrogens with zero attached hydrogens (tertiary/aromatic N) is 1. The predicted octanol–water partition coefficient (Wildman–Crippen LogP) is 12.5. The van der Waals surface area contributed by atoms with Gasteiger partial charge in [0.2, 0.25) is 0 Å². The van der Waals surface area contributed by atoms with Gasteiger partial charge in [0.15, 0.2) is 0 Å². The molecule has 0 N–H and O–H groups in total. The molecule has 1 heterocycles. The molecule has 0 aromatic carbocycles. The van der Waals surface area contributed by atoms with Crippen LogP contribution in [0.15, 0.2) is 12.3 Å². The minimum atomic E-state index is -0.632. The van der Waals surface area contributed by atoms with Gasteiger partial charge in [0.1, 0.15) is 12.7 Å². The van der Waals surface area contributed by atoms with Crippen molar-refractivity contribution in [3.05, 3.63) is 12.3 Å². The molecule has 310 valence electrons. The van der Waals surface area contributed by atoms with Crippen LogP contribution >= 0.6 is 0 Å². The normalized spacial score (nSPS) is 14.2. The zero-order chi connectivity index (χ0) is 38.5. The van der Waals surface area contributed by atoms with E-state index >= 15 is 0 Å². The average Bonchev–Trinajstić information content (AvgIpc) is 3.67. The predicted molar refractivity (Wildman–Crippen MR) is 212 cm³/mol. The average molecular weight is 754 g/mol. The van der Waals surface area contributed by atoms with E-state index in [0.717, 1.165) is 129 Å². The summed E-state index contributed by atoms with van der Waals surface area (Å²) in [7, 11) is 0. The maximum atomic E-state index is 12.5. The Hall–Kier alpha value is -2.49. The Morgan fingerprint density at radius 1 is 0.566 bits per heavy atom. The highest BCUT2D eigenvalue weighted by Crippen LogP contribution is 2.18. The minimum absolute atomic E-state index is 0.127. The summed E-state index contributed by atoms with van der Waals surface area (Å²) >= 11 is 0. The van der Waals surface area contributed by atoms with E-state index in [4.69, 9.17) is 28.4 Å². The van der Waals surface area contributed by atoms with Crippen LogP contribution in [-0.4, -0.2) is 75.5 Å². The van der Waals surface area contributed by atoms with Gasteiger partial charge in [-0.25, -0.2) is 14.4 Å². The standard InChI is InChI=1S/C43H79NO9/c1-4-6-8-10-17-25-34-48-41(45)49-35-26-18-13-11-15-21-29-40(53-43(47)51-37-33-44-31-23-24-32-44)30-22-16-12-14-19-27-36-50-42(46)52-38-39(3)28-20-9-7-5-2/h25,34,39-40H,4-24,26-33,35-38H2,1-3H3. The van der Waals surface area contributed by atoms with Crippen LogP contribution in [0.5, 0.6) is 0 Å². The lowest BCUT2D eigenvalue weighted by atomic mass is 10.0. The summed E-state index contributed by atoms with van der Waals surface area (Å²) in [5.74, 6) is 0.370. The van der Waals surface area contributed by atoms with Gasteiger partial charge >= 0.3 is 18.5 Å². The second-order valence-corrected chi connectivity index (χ2v) is 15.0. The van der Waals surface area contributed by atoms with Crippen LogP contribution in [0.4, 0.5) is 14.4 Å². The van der Waals surface area contributed by atoms with Crippen molar-refractivity contribution in [2.75, 3.05) is 46.1 Å². The topological polar surface area (TPSA) is 110 Å². The minimum Gasteiger partial charge on any atom is -0.434 e. The fourth-order valence-electron chi connectivity index (χ4n) is 6.52. The number of hydrogen-bond acceptors (Lipinski definition) is 10. The van der Waals surface area contributed by atoms with Gasteiger partial charge in [-0.15, -0.1) is 0 Å². The highest BCUT2D eigenvalue weighted by molar-refractivity contribution is 5.60. The molecule has 0 aromatic rings. The Labute approximate surface area is 323 Å². The maximum Gasteiger partial charge on any atom is 0.513 e. The molecular formula is C43H79NO9. The van der Waals surface area contributed by atoms with Crippen LogP contribution in [0.2, 0.25) is 0 Å². The van der Waals surface area contributed by atoms with Gasteiger partial charge in [-0.1, -0.05) is 117 Å². The van der Waals surface area contributed by atoms with Crippen LogP contribution in [-0.2, 0) is 28.4 Å². The first-order valence-electron chi connectivity index (χ1n) is 21.8. The van der Waals surface area contributed by atoms with E-state index in [0.29, 0.717) is 32.3 Å². The summed E-state index contributed by atoms with van der Waals surface area (Å²) in [5, 5.41) is 0. The fourth-order valence-corrected chi connectivity index (χ4v) is 6.52. The first-order chi connectivity index (χ1) is 25.9. The Morgan fingerprint density at radius 2 is 1.08 bits per heavy atom. The molecule has 2 atom stereocenters. The molecule has 0 bridgehead atoms. The summed E-state index contributed by atoms with van der Waals surface area (Å²) in [6.07, 6.45) is 29.4. The molecule has 1 aliphatic heterocycles. The fraction of sp³-hybridized carbons (Fsp3) is 0.884. The third kappa shape index (κ3) is 32.6. The van der Waals surface area contributed by atoms with Crippen molar-refractivity contribution >= 4 is 18.5 Å². The van der Waals surface area contributed by atoms with Gasteiger partial charge < -0.3 is 28.4 Å². The molecule has 1 fully saturated rings. The molecular weight excluding hydrogens is 674 g/mol. The first-order valence-corrected chi connectivity index (χ1v) is 21.8. The number of allylic oxidation sites excluding steroid dienone is 1. The number of hydrogen-bond donors (Lipinski definition) is 0. The van der Waals surface area contributed by atoms with Gasteiger partial charge in [-0.3, -0.25) is 4.90 Å². The zero-order valence-corrected chi connectivity index (χ0v) is 34.3. The Kier molecular flexibility index (Phi) is 33.4.